The van der Waals surface area contributed by atoms with Crippen molar-refractivity contribution in [2.75, 3.05) is 20.8 Å². The van der Waals surface area contributed by atoms with Gasteiger partial charge in [0.1, 0.15) is 5.58 Å². The number of rotatable bonds is 7. The van der Waals surface area contributed by atoms with Crippen molar-refractivity contribution in [3.8, 4) is 0 Å². The molecule has 0 radical (unpaired) electrons. The monoisotopic (exact) mass is 357 g/mol. The zero-order valence-electron chi connectivity index (χ0n) is 15.5. The van der Waals surface area contributed by atoms with Crippen molar-refractivity contribution in [2.45, 2.75) is 33.4 Å². The Morgan fingerprint density at radius 2 is 2.00 bits per heavy atom. The van der Waals surface area contributed by atoms with Gasteiger partial charge in [-0.15, -0.1) is 0 Å². The minimum absolute atomic E-state index is 0.340. The molecule has 138 valence electrons. The van der Waals surface area contributed by atoms with Gasteiger partial charge in [0.15, 0.2) is 5.82 Å². The van der Waals surface area contributed by atoms with Crippen LogP contribution in [-0.4, -0.2) is 35.8 Å². The molecule has 0 atom stereocenters. The summed E-state index contributed by atoms with van der Waals surface area (Å²) in [5.74, 6) is 1.17. The van der Waals surface area contributed by atoms with Crippen molar-refractivity contribution in [1.82, 2.24) is 15.0 Å². The number of fused-ring (bicyclic) bond motifs is 1. The Kier molecular flexibility index (Phi) is 5.49. The molecule has 0 aliphatic heterocycles. The fraction of sp³-hybridized carbons (Fsp3) is 0.421. The smallest absolute Gasteiger partial charge is 0.336 e. The molecule has 26 heavy (non-hydrogen) atoms. The first-order chi connectivity index (χ1) is 12.5. The van der Waals surface area contributed by atoms with Gasteiger partial charge in [-0.1, -0.05) is 11.2 Å². The number of hydrogen-bond donors (Lipinski definition) is 0. The van der Waals surface area contributed by atoms with Crippen LogP contribution < -0.4 is 5.63 Å². The Morgan fingerprint density at radius 3 is 2.77 bits per heavy atom. The quantitative estimate of drug-likeness (QED) is 0.601. The molecule has 0 fully saturated rings. The summed E-state index contributed by atoms with van der Waals surface area (Å²) in [4.78, 5) is 18.3. The maximum atomic E-state index is 11.9. The third kappa shape index (κ3) is 4.17. The third-order valence-electron chi connectivity index (χ3n) is 4.15. The van der Waals surface area contributed by atoms with Gasteiger partial charge in [-0.05, 0) is 43.7 Å². The summed E-state index contributed by atoms with van der Waals surface area (Å²) >= 11 is 0. The zero-order valence-corrected chi connectivity index (χ0v) is 15.5. The number of aromatic nitrogens is 2. The Labute approximate surface area is 151 Å². The summed E-state index contributed by atoms with van der Waals surface area (Å²) in [6, 6.07) is 5.61. The molecule has 0 amide bonds. The van der Waals surface area contributed by atoms with E-state index in [2.05, 4.69) is 10.1 Å². The van der Waals surface area contributed by atoms with E-state index in [4.69, 9.17) is 13.7 Å². The molecule has 7 heteroatoms. The van der Waals surface area contributed by atoms with Gasteiger partial charge in [-0.3, -0.25) is 4.90 Å². The van der Waals surface area contributed by atoms with Crippen molar-refractivity contribution >= 4 is 11.0 Å². The van der Waals surface area contributed by atoms with Crippen LogP contribution in [0.4, 0.5) is 0 Å². The summed E-state index contributed by atoms with van der Waals surface area (Å²) in [5, 5.41) is 4.90. The molecule has 0 aliphatic carbocycles. The van der Waals surface area contributed by atoms with Crippen LogP contribution in [0.3, 0.4) is 0 Å². The molecule has 0 saturated heterocycles. The van der Waals surface area contributed by atoms with Crippen molar-refractivity contribution in [2.24, 2.45) is 0 Å². The molecule has 0 saturated carbocycles. The van der Waals surface area contributed by atoms with E-state index in [-0.39, 0.29) is 5.63 Å². The van der Waals surface area contributed by atoms with Crippen LogP contribution in [0.5, 0.6) is 0 Å². The van der Waals surface area contributed by atoms with E-state index < -0.39 is 0 Å². The summed E-state index contributed by atoms with van der Waals surface area (Å²) in [7, 11) is 3.58. The Hall–Kier alpha value is -2.51. The number of methoxy groups -OCH3 is 1. The molecule has 1 aromatic carbocycles. The zero-order chi connectivity index (χ0) is 18.7. The van der Waals surface area contributed by atoms with E-state index >= 15 is 0 Å². The molecule has 0 spiro atoms. The van der Waals surface area contributed by atoms with Crippen LogP contribution in [-0.2, 0) is 24.2 Å². The fourth-order valence-corrected chi connectivity index (χ4v) is 3.04. The first-order valence-corrected chi connectivity index (χ1v) is 8.49. The minimum Gasteiger partial charge on any atom is -0.422 e. The molecule has 0 bridgehead atoms. The highest BCUT2D eigenvalue weighted by atomic mass is 16.5. The highest BCUT2D eigenvalue weighted by molar-refractivity contribution is 5.83. The van der Waals surface area contributed by atoms with E-state index in [0.29, 0.717) is 43.4 Å². The van der Waals surface area contributed by atoms with Gasteiger partial charge < -0.3 is 13.7 Å². The number of nitrogens with zero attached hydrogens (tertiary/aromatic N) is 3. The van der Waals surface area contributed by atoms with E-state index in [9.17, 15) is 4.79 Å². The van der Waals surface area contributed by atoms with E-state index in [0.717, 1.165) is 22.1 Å². The highest BCUT2D eigenvalue weighted by Crippen LogP contribution is 2.23. The lowest BCUT2D eigenvalue weighted by atomic mass is 10.0. The van der Waals surface area contributed by atoms with E-state index in [1.807, 2.05) is 37.9 Å². The molecule has 2 aromatic heterocycles. The molecule has 2 heterocycles. The molecule has 0 N–H and O–H groups in total. The first kappa shape index (κ1) is 18.3. The summed E-state index contributed by atoms with van der Waals surface area (Å²) in [6.07, 6.45) is 0.618. The van der Waals surface area contributed by atoms with Gasteiger partial charge in [0, 0.05) is 31.5 Å². The van der Waals surface area contributed by atoms with Gasteiger partial charge in [-0.25, -0.2) is 4.79 Å². The number of aryl methyl sites for hydroxylation is 2. The SMILES string of the molecule is COCCc1noc(CN(C)Cc2cc(=O)oc3c(C)cc(C)cc23)n1. The van der Waals surface area contributed by atoms with Crippen LogP contribution in [0.1, 0.15) is 28.4 Å². The second kappa shape index (κ2) is 7.80. The third-order valence-corrected chi connectivity index (χ3v) is 4.15. The molecule has 0 unspecified atom stereocenters. The van der Waals surface area contributed by atoms with Crippen LogP contribution in [0.15, 0.2) is 31.9 Å². The Balaban J connectivity index is 1.80. The molecular formula is C19H23N3O4. The lowest BCUT2D eigenvalue weighted by molar-refractivity contribution is 0.199. The fourth-order valence-electron chi connectivity index (χ4n) is 3.04. The predicted molar refractivity (Wildman–Crippen MR) is 97.0 cm³/mol. The van der Waals surface area contributed by atoms with Crippen molar-refractivity contribution < 1.29 is 13.7 Å². The molecule has 7 nitrogen and oxygen atoms in total. The van der Waals surface area contributed by atoms with Gasteiger partial charge in [-0.2, -0.15) is 4.98 Å². The minimum atomic E-state index is -0.340. The average molecular weight is 357 g/mol. The summed E-state index contributed by atoms with van der Waals surface area (Å²) in [5.41, 5.74) is 3.32. The Bertz CT molecular complexity index is 961. The lowest BCUT2D eigenvalue weighted by Crippen LogP contribution is -2.19. The summed E-state index contributed by atoms with van der Waals surface area (Å²) in [6.45, 7) is 5.60. The summed E-state index contributed by atoms with van der Waals surface area (Å²) < 4.78 is 15.7. The number of hydrogen-bond acceptors (Lipinski definition) is 7. The van der Waals surface area contributed by atoms with Crippen molar-refractivity contribution in [3.05, 3.63) is 57.0 Å². The predicted octanol–water partition coefficient (Wildman–Crippen LogP) is 2.61. The van der Waals surface area contributed by atoms with E-state index in [1.54, 1.807) is 13.2 Å². The van der Waals surface area contributed by atoms with Crippen LogP contribution in [0.25, 0.3) is 11.0 Å². The number of benzene rings is 1. The van der Waals surface area contributed by atoms with Gasteiger partial charge in [0.2, 0.25) is 5.89 Å². The lowest BCUT2D eigenvalue weighted by Gasteiger charge is -2.16. The molecule has 3 aromatic rings. The van der Waals surface area contributed by atoms with E-state index in [1.165, 1.54) is 0 Å². The maximum Gasteiger partial charge on any atom is 0.336 e. The standard InChI is InChI=1S/C19H23N3O4/c1-12-7-13(2)19-15(8-12)14(9-18(23)25-19)10-22(3)11-17-20-16(21-26-17)5-6-24-4/h7-9H,5-6,10-11H2,1-4H3. The number of ether oxygens (including phenoxy) is 1. The highest BCUT2D eigenvalue weighted by Gasteiger charge is 2.13. The van der Waals surface area contributed by atoms with Crippen LogP contribution >= 0.6 is 0 Å². The van der Waals surface area contributed by atoms with Gasteiger partial charge in [0.05, 0.1) is 13.2 Å². The van der Waals surface area contributed by atoms with Gasteiger partial charge >= 0.3 is 5.63 Å². The molecular weight excluding hydrogens is 334 g/mol. The molecule has 0 aliphatic rings. The van der Waals surface area contributed by atoms with Crippen LogP contribution in [0, 0.1) is 13.8 Å². The second-order valence-corrected chi connectivity index (χ2v) is 6.57. The van der Waals surface area contributed by atoms with Crippen molar-refractivity contribution in [1.29, 1.82) is 0 Å². The second-order valence-electron chi connectivity index (χ2n) is 6.57. The first-order valence-electron chi connectivity index (χ1n) is 8.49. The Morgan fingerprint density at radius 1 is 1.19 bits per heavy atom. The van der Waals surface area contributed by atoms with Crippen LogP contribution in [0.2, 0.25) is 0 Å². The normalized spacial score (nSPS) is 11.6. The average Bonchev–Trinajstić information content (AvgIpc) is 3.01. The largest absolute Gasteiger partial charge is 0.422 e. The maximum absolute atomic E-state index is 11.9. The van der Waals surface area contributed by atoms with Gasteiger partial charge in [0.25, 0.3) is 0 Å². The van der Waals surface area contributed by atoms with Crippen molar-refractivity contribution in [3.63, 3.8) is 0 Å². The molecule has 3 rings (SSSR count). The topological polar surface area (TPSA) is 81.6 Å².